The smallest absolute Gasteiger partial charge is 0.410 e. The quantitative estimate of drug-likeness (QED) is 0.293. The highest BCUT2D eigenvalue weighted by Crippen LogP contribution is 2.37. The van der Waals surface area contributed by atoms with Crippen LogP contribution in [0.2, 0.25) is 0 Å². The summed E-state index contributed by atoms with van der Waals surface area (Å²) in [7, 11) is 7.51. The molecule has 6 unspecified atom stereocenters. The Balaban J connectivity index is 1.96. The predicted molar refractivity (Wildman–Crippen MR) is 172 cm³/mol. The van der Waals surface area contributed by atoms with Crippen LogP contribution in [0.3, 0.4) is 0 Å². The van der Waals surface area contributed by atoms with Crippen molar-refractivity contribution >= 4 is 17.8 Å². The minimum atomic E-state index is -0.600. The van der Waals surface area contributed by atoms with Gasteiger partial charge in [0.1, 0.15) is 24.6 Å². The van der Waals surface area contributed by atoms with E-state index in [-0.39, 0.29) is 97.1 Å². The van der Waals surface area contributed by atoms with Gasteiger partial charge >= 0.3 is 12.1 Å². The lowest BCUT2D eigenvalue weighted by atomic mass is 9.78. The van der Waals surface area contributed by atoms with E-state index in [1.54, 1.807) is 19.1 Å². The molecule has 0 bridgehead atoms. The number of nitrogens with zero attached hydrogens (tertiary/aromatic N) is 2. The van der Waals surface area contributed by atoms with Gasteiger partial charge in [0.05, 0.1) is 24.2 Å². The van der Waals surface area contributed by atoms with Gasteiger partial charge in [0.25, 0.3) is 0 Å². The van der Waals surface area contributed by atoms with Gasteiger partial charge in [-0.2, -0.15) is 0 Å². The fourth-order valence-corrected chi connectivity index (χ4v) is 7.79. The van der Waals surface area contributed by atoms with Gasteiger partial charge in [-0.1, -0.05) is 53.2 Å². The van der Waals surface area contributed by atoms with Crippen LogP contribution in [-0.4, -0.2) is 105 Å². The number of rotatable bonds is 5. The zero-order valence-electron chi connectivity index (χ0n) is 29.8. The first-order valence-corrected chi connectivity index (χ1v) is 16.9. The van der Waals surface area contributed by atoms with Crippen LogP contribution in [0.15, 0.2) is 11.6 Å². The molecule has 2 fully saturated rings. The zero-order valence-corrected chi connectivity index (χ0v) is 29.8. The number of methoxy groups -OCH3 is 1. The van der Waals surface area contributed by atoms with Crippen molar-refractivity contribution in [1.29, 1.82) is 0 Å². The Hall–Kier alpha value is -2.01. The number of ketones is 1. The number of ether oxygens (including phenoxy) is 5. The Morgan fingerprint density at radius 1 is 1.00 bits per heavy atom. The van der Waals surface area contributed by atoms with Gasteiger partial charge < -0.3 is 33.5 Å². The lowest BCUT2D eigenvalue weighted by molar-refractivity contribution is -0.297. The Labute approximate surface area is 271 Å². The van der Waals surface area contributed by atoms with Crippen molar-refractivity contribution in [3.63, 3.8) is 0 Å². The molecule has 13 atom stereocenters. The van der Waals surface area contributed by atoms with Crippen molar-refractivity contribution in [2.75, 3.05) is 34.9 Å². The molecule has 0 spiro atoms. The van der Waals surface area contributed by atoms with E-state index in [0.717, 1.165) is 5.57 Å². The second kappa shape index (κ2) is 16.2. The summed E-state index contributed by atoms with van der Waals surface area (Å²) in [6, 6.07) is -0.232. The summed E-state index contributed by atoms with van der Waals surface area (Å²) in [5.74, 6) is -0.476. The fourth-order valence-electron chi connectivity index (χ4n) is 7.79. The molecular formula is C35H60N2O8. The molecule has 45 heavy (non-hydrogen) atoms. The van der Waals surface area contributed by atoms with E-state index in [0.29, 0.717) is 12.8 Å². The number of amides is 1. The topological polar surface area (TPSA) is 104 Å². The lowest BCUT2D eigenvalue weighted by Gasteiger charge is -2.48. The van der Waals surface area contributed by atoms with Gasteiger partial charge in [-0.3, -0.25) is 9.59 Å². The Morgan fingerprint density at radius 2 is 1.67 bits per heavy atom. The summed E-state index contributed by atoms with van der Waals surface area (Å²) in [6.07, 6.45) is 1.51. The van der Waals surface area contributed by atoms with E-state index >= 15 is 0 Å². The van der Waals surface area contributed by atoms with Crippen LogP contribution in [-0.2, 0) is 33.3 Å². The van der Waals surface area contributed by atoms with Crippen LogP contribution in [0.5, 0.6) is 0 Å². The number of carbonyl (C=O) groups is 3. The number of hydrogen-bond acceptors (Lipinski definition) is 9. The van der Waals surface area contributed by atoms with Gasteiger partial charge in [0, 0.05) is 44.9 Å². The number of hydrogen-bond donors (Lipinski definition) is 0. The SMILES string of the molecule is CC[C@H]1OC(=O)C[C@@H](C)[C@H](C)[C@@H](OC2OC(C)C(C)C(N(C)C)C2OC)[C@@H](C)C[C@@H](C)C(=O)C/C=C(\C)C2[C@@H]1COC(=O)N2C. The number of allylic oxidation sites excluding steroid dienone is 1. The standard InChI is InChI=1S/C35H60N2O8/c1-13-28-26-18-42-35(40)37(11)30(26)19(2)14-15-27(38)21(4)16-22(5)32(23(6)20(3)17-29(39)44-28)45-34-33(41-12)31(36(9)10)24(7)25(8)43-34/h14,20-26,28,30-34H,13,15-18H2,1-12H3/b19-14+/t20-,21-,22+,23+,24?,25?,26-,28-,30?,31?,32+,33?,34?/m1/s1. The maximum Gasteiger partial charge on any atom is 0.410 e. The summed E-state index contributed by atoms with van der Waals surface area (Å²) in [6.45, 7) is 16.6. The van der Waals surface area contributed by atoms with Crippen molar-refractivity contribution in [2.24, 2.45) is 35.5 Å². The Bertz CT molecular complexity index is 1050. The molecule has 258 valence electrons. The van der Waals surface area contributed by atoms with Crippen LogP contribution in [0, 0.1) is 35.5 Å². The molecule has 0 saturated carbocycles. The number of carbonyl (C=O) groups excluding carboxylic acids is 3. The number of esters is 1. The van der Waals surface area contributed by atoms with E-state index in [4.69, 9.17) is 23.7 Å². The number of fused-ring (bicyclic) bond motifs is 1. The third-order valence-electron chi connectivity index (χ3n) is 10.9. The van der Waals surface area contributed by atoms with E-state index in [1.165, 1.54) is 0 Å². The van der Waals surface area contributed by atoms with E-state index in [9.17, 15) is 14.4 Å². The highest BCUT2D eigenvalue weighted by molar-refractivity contribution is 5.82. The molecule has 3 rings (SSSR count). The number of likely N-dealkylation sites (N-methyl/N-ethyl adjacent to an activating group) is 2. The van der Waals surface area contributed by atoms with Gasteiger partial charge in [-0.05, 0) is 58.5 Å². The van der Waals surface area contributed by atoms with Gasteiger partial charge in [-0.25, -0.2) is 4.79 Å². The monoisotopic (exact) mass is 636 g/mol. The molecule has 3 aliphatic rings. The average Bonchev–Trinajstić information content (AvgIpc) is 2.98. The van der Waals surface area contributed by atoms with Crippen molar-refractivity contribution in [2.45, 2.75) is 124 Å². The molecule has 0 radical (unpaired) electrons. The minimum absolute atomic E-state index is 0.00371. The van der Waals surface area contributed by atoms with Gasteiger partial charge in [-0.15, -0.1) is 0 Å². The third-order valence-corrected chi connectivity index (χ3v) is 10.9. The van der Waals surface area contributed by atoms with E-state index in [1.807, 2.05) is 26.8 Å². The highest BCUT2D eigenvalue weighted by atomic mass is 16.7. The highest BCUT2D eigenvalue weighted by Gasteiger charge is 2.47. The number of Topliss-reactive ketones (excluding diaryl/α,β-unsaturated/α-hetero) is 1. The molecule has 0 aromatic heterocycles. The normalized spacial score (nSPS) is 42.4. The summed E-state index contributed by atoms with van der Waals surface area (Å²) in [5, 5.41) is 0. The first kappa shape index (κ1) is 37.4. The second-order valence-electron chi connectivity index (χ2n) is 14.3. The number of cyclic esters (lactones) is 2. The van der Waals surface area contributed by atoms with Crippen LogP contribution < -0.4 is 0 Å². The van der Waals surface area contributed by atoms with Crippen LogP contribution >= 0.6 is 0 Å². The summed E-state index contributed by atoms with van der Waals surface area (Å²) >= 11 is 0. The van der Waals surface area contributed by atoms with Crippen LogP contribution in [0.1, 0.15) is 81.1 Å². The average molecular weight is 637 g/mol. The van der Waals surface area contributed by atoms with E-state index < -0.39 is 18.5 Å². The first-order valence-electron chi connectivity index (χ1n) is 16.9. The molecule has 10 heteroatoms. The van der Waals surface area contributed by atoms with Crippen molar-refractivity contribution < 1.29 is 38.1 Å². The van der Waals surface area contributed by atoms with Crippen molar-refractivity contribution in [1.82, 2.24) is 9.80 Å². The summed E-state index contributed by atoms with van der Waals surface area (Å²) in [5.41, 5.74) is 0.899. The molecule has 3 aliphatic heterocycles. The molecule has 0 aromatic carbocycles. The summed E-state index contributed by atoms with van der Waals surface area (Å²) < 4.78 is 31.0. The largest absolute Gasteiger partial charge is 0.462 e. The molecule has 10 nitrogen and oxygen atoms in total. The predicted octanol–water partition coefficient (Wildman–Crippen LogP) is 5.33. The van der Waals surface area contributed by atoms with Gasteiger partial charge in [0.15, 0.2) is 6.29 Å². The first-order chi connectivity index (χ1) is 21.1. The molecule has 0 aromatic rings. The molecule has 0 aliphatic carbocycles. The third kappa shape index (κ3) is 8.67. The lowest BCUT2D eigenvalue weighted by Crippen LogP contribution is -2.60. The maximum atomic E-state index is 13.5. The molecule has 3 heterocycles. The zero-order chi connectivity index (χ0) is 33.7. The van der Waals surface area contributed by atoms with E-state index in [2.05, 4.69) is 53.6 Å². The van der Waals surface area contributed by atoms with Gasteiger partial charge in [0.2, 0.25) is 0 Å². The van der Waals surface area contributed by atoms with Crippen molar-refractivity contribution in [3.05, 3.63) is 11.6 Å². The summed E-state index contributed by atoms with van der Waals surface area (Å²) in [4.78, 5) is 43.2. The van der Waals surface area contributed by atoms with Crippen LogP contribution in [0.4, 0.5) is 4.79 Å². The van der Waals surface area contributed by atoms with Crippen molar-refractivity contribution in [3.8, 4) is 0 Å². The Morgan fingerprint density at radius 3 is 2.27 bits per heavy atom. The molecular weight excluding hydrogens is 576 g/mol. The molecule has 1 amide bonds. The second-order valence-corrected chi connectivity index (χ2v) is 14.3. The van der Waals surface area contributed by atoms with Crippen LogP contribution in [0.25, 0.3) is 0 Å². The molecule has 2 saturated heterocycles. The molecule has 0 N–H and O–H groups in total. The fraction of sp³-hybridized carbons (Fsp3) is 0.857. The Kier molecular flexibility index (Phi) is 13.5. The minimum Gasteiger partial charge on any atom is -0.462 e. The maximum absolute atomic E-state index is 13.5.